The third-order valence-corrected chi connectivity index (χ3v) is 7.81. The number of ether oxygens (including phenoxy) is 2. The molecule has 0 saturated carbocycles. The average Bonchev–Trinajstić information content (AvgIpc) is 2.98. The van der Waals surface area contributed by atoms with E-state index >= 15 is 0 Å². The molecule has 12 heteroatoms. The van der Waals surface area contributed by atoms with Gasteiger partial charge in [-0.3, -0.25) is 4.79 Å². The first-order chi connectivity index (χ1) is 15.2. The number of fused-ring (bicyclic) bond motifs is 1. The number of carbonyl (C=O) groups is 1. The van der Waals surface area contributed by atoms with Crippen LogP contribution in [0.1, 0.15) is 36.0 Å². The number of aliphatic hydroxyl groups is 1. The third kappa shape index (κ3) is 6.94. The van der Waals surface area contributed by atoms with E-state index in [4.69, 9.17) is 26.2 Å². The van der Waals surface area contributed by atoms with E-state index in [0.29, 0.717) is 78.7 Å². The highest BCUT2D eigenvalue weighted by molar-refractivity contribution is 9.10. The summed E-state index contributed by atoms with van der Waals surface area (Å²) in [5, 5.41) is 18.8. The maximum absolute atomic E-state index is 12.9. The van der Waals surface area contributed by atoms with E-state index in [1.807, 2.05) is 0 Å². The fourth-order valence-electron chi connectivity index (χ4n) is 3.88. The first-order valence-corrected chi connectivity index (χ1v) is 13.5. The summed E-state index contributed by atoms with van der Waals surface area (Å²) in [6.07, 6.45) is 2.02. The number of amides is 1. The van der Waals surface area contributed by atoms with E-state index in [-0.39, 0.29) is 17.6 Å². The summed E-state index contributed by atoms with van der Waals surface area (Å²) in [5.74, 6) is 0.346. The topological polar surface area (TPSA) is 131 Å². The van der Waals surface area contributed by atoms with Crippen LogP contribution in [0.25, 0.3) is 0 Å². The van der Waals surface area contributed by atoms with Gasteiger partial charge in [-0.1, -0.05) is 11.6 Å². The Morgan fingerprint density at radius 3 is 2.72 bits per heavy atom. The van der Waals surface area contributed by atoms with Gasteiger partial charge in [0, 0.05) is 25.4 Å². The van der Waals surface area contributed by atoms with Crippen LogP contribution in [-0.4, -0.2) is 75.6 Å². The van der Waals surface area contributed by atoms with Crippen LogP contribution >= 0.6 is 27.5 Å². The Morgan fingerprint density at radius 2 is 2.03 bits per heavy atom. The Kier molecular flexibility index (Phi) is 9.05. The van der Waals surface area contributed by atoms with Crippen molar-refractivity contribution in [3.8, 4) is 11.5 Å². The van der Waals surface area contributed by atoms with Gasteiger partial charge in [-0.15, -0.1) is 0 Å². The number of aliphatic hydroxyl groups excluding tert-OH is 1. The molecular formula is C20H29BrClN3O6S. The summed E-state index contributed by atoms with van der Waals surface area (Å²) in [6.45, 7) is 3.18. The number of halogens is 2. The number of carbonyl (C=O) groups excluding carboxylic acids is 1. The third-order valence-electron chi connectivity index (χ3n) is 5.64. The van der Waals surface area contributed by atoms with Crippen molar-refractivity contribution < 1.29 is 27.8 Å². The average molecular weight is 555 g/mol. The number of nitrogens with one attached hydrogen (secondary N) is 1. The Morgan fingerprint density at radius 1 is 1.31 bits per heavy atom. The number of unbranched alkanes of at least 4 members (excludes halogenated alkanes) is 1. The van der Waals surface area contributed by atoms with Crippen LogP contribution in [0.2, 0.25) is 5.02 Å². The molecule has 1 amide bonds. The lowest BCUT2D eigenvalue weighted by Crippen LogP contribution is -2.47. The molecule has 0 spiro atoms. The molecule has 32 heavy (non-hydrogen) atoms. The molecule has 9 nitrogen and oxygen atoms in total. The predicted octanol–water partition coefficient (Wildman–Crippen LogP) is 1.75. The van der Waals surface area contributed by atoms with Crippen molar-refractivity contribution in [3.63, 3.8) is 0 Å². The lowest BCUT2D eigenvalue weighted by atomic mass is 9.93. The zero-order chi connectivity index (χ0) is 23.3. The first kappa shape index (κ1) is 25.5. The van der Waals surface area contributed by atoms with Gasteiger partial charge in [0.15, 0.2) is 11.5 Å². The van der Waals surface area contributed by atoms with Gasteiger partial charge >= 0.3 is 0 Å². The predicted molar refractivity (Wildman–Crippen MR) is 125 cm³/mol. The zero-order valence-electron chi connectivity index (χ0n) is 17.7. The van der Waals surface area contributed by atoms with Crippen molar-refractivity contribution >= 4 is 43.5 Å². The maximum Gasteiger partial charge on any atom is 0.255 e. The van der Waals surface area contributed by atoms with Crippen molar-refractivity contribution in [2.45, 2.75) is 31.8 Å². The summed E-state index contributed by atoms with van der Waals surface area (Å²) < 4.78 is 34.0. The summed E-state index contributed by atoms with van der Waals surface area (Å²) >= 11 is 9.65. The number of rotatable bonds is 8. The molecule has 1 aromatic carbocycles. The summed E-state index contributed by atoms with van der Waals surface area (Å²) in [7, 11) is -3.43. The molecule has 3 rings (SSSR count). The molecule has 0 bridgehead atoms. The number of likely N-dealkylation sites (tertiary alicyclic amines) is 1. The minimum absolute atomic E-state index is 0.0312. The number of nitrogens with zero attached hydrogens (tertiary/aromatic N) is 1. The molecule has 2 atom stereocenters. The molecule has 180 valence electrons. The highest BCUT2D eigenvalue weighted by Crippen LogP contribution is 2.44. The number of hydrogen-bond acceptors (Lipinski definition) is 7. The van der Waals surface area contributed by atoms with Gasteiger partial charge in [-0.05, 0) is 54.3 Å². The number of sulfonamides is 1. The molecule has 0 aliphatic carbocycles. The van der Waals surface area contributed by atoms with E-state index in [9.17, 15) is 18.3 Å². The fourth-order valence-corrected chi connectivity index (χ4v) is 5.09. The van der Waals surface area contributed by atoms with E-state index in [1.54, 1.807) is 6.07 Å². The lowest BCUT2D eigenvalue weighted by molar-refractivity contribution is 0.0217. The second-order valence-electron chi connectivity index (χ2n) is 8.13. The maximum atomic E-state index is 12.9. The number of primary sulfonamides is 1. The first-order valence-electron chi connectivity index (χ1n) is 10.6. The molecule has 1 saturated heterocycles. The van der Waals surface area contributed by atoms with Gasteiger partial charge in [0.25, 0.3) is 5.91 Å². The van der Waals surface area contributed by atoms with Crippen molar-refractivity contribution in [2.24, 2.45) is 11.1 Å². The van der Waals surface area contributed by atoms with Crippen LogP contribution in [-0.2, 0) is 10.0 Å². The van der Waals surface area contributed by atoms with E-state index < -0.39 is 16.1 Å². The monoisotopic (exact) mass is 553 g/mol. The molecule has 2 heterocycles. The van der Waals surface area contributed by atoms with E-state index in [1.165, 1.54) is 0 Å². The Bertz CT molecular complexity index is 932. The lowest BCUT2D eigenvalue weighted by Gasteiger charge is -2.36. The summed E-state index contributed by atoms with van der Waals surface area (Å²) in [4.78, 5) is 15.0. The number of benzene rings is 1. The van der Waals surface area contributed by atoms with Crippen molar-refractivity contribution in [3.05, 3.63) is 21.1 Å². The molecule has 2 unspecified atom stereocenters. The Labute approximate surface area is 201 Å². The second-order valence-corrected chi connectivity index (χ2v) is 11.1. The van der Waals surface area contributed by atoms with Crippen LogP contribution in [0.3, 0.4) is 0 Å². The highest BCUT2D eigenvalue weighted by atomic mass is 79.9. The van der Waals surface area contributed by atoms with Crippen LogP contribution in [0.15, 0.2) is 10.5 Å². The largest absolute Gasteiger partial charge is 0.489 e. The van der Waals surface area contributed by atoms with E-state index in [2.05, 4.69) is 26.1 Å². The number of hydrogen-bond donors (Lipinski definition) is 3. The van der Waals surface area contributed by atoms with Crippen LogP contribution in [0, 0.1) is 5.92 Å². The number of β-amino-alcohol motifs (C(OH)–C–C–N with tert-alkyl or cyclic N) is 1. The summed E-state index contributed by atoms with van der Waals surface area (Å²) in [6, 6.07) is 1.55. The standard InChI is InChI=1S/C20H29BrClN3O6S/c21-17-15(22)10-14(18-19(17)31-8-3-7-30-18)20(27)24-11-13-4-6-25(12-16(13)26)5-1-2-9-32(23,28)29/h10,13,16,26H,1-9,11-12H2,(H,24,27)(H2,23,28,29). The van der Waals surface area contributed by atoms with Gasteiger partial charge in [0.05, 0.1) is 40.1 Å². The van der Waals surface area contributed by atoms with Gasteiger partial charge < -0.3 is 24.8 Å². The Hall–Kier alpha value is -1.11. The smallest absolute Gasteiger partial charge is 0.255 e. The van der Waals surface area contributed by atoms with Crippen molar-refractivity contribution in [1.29, 1.82) is 0 Å². The summed E-state index contributed by atoms with van der Waals surface area (Å²) in [5.41, 5.74) is 0.303. The quantitative estimate of drug-likeness (QED) is 0.417. The molecule has 0 radical (unpaired) electrons. The van der Waals surface area contributed by atoms with Crippen LogP contribution < -0.4 is 19.9 Å². The fraction of sp³-hybridized carbons (Fsp3) is 0.650. The van der Waals surface area contributed by atoms with Crippen LogP contribution in [0.4, 0.5) is 0 Å². The minimum atomic E-state index is -3.43. The van der Waals surface area contributed by atoms with Crippen molar-refractivity contribution in [2.75, 3.05) is 45.1 Å². The normalized spacial score (nSPS) is 21.8. The van der Waals surface area contributed by atoms with Gasteiger partial charge in [-0.2, -0.15) is 0 Å². The van der Waals surface area contributed by atoms with E-state index in [0.717, 1.165) is 13.0 Å². The van der Waals surface area contributed by atoms with Gasteiger partial charge in [-0.25, -0.2) is 13.6 Å². The van der Waals surface area contributed by atoms with Gasteiger partial charge in [0.2, 0.25) is 10.0 Å². The van der Waals surface area contributed by atoms with Gasteiger partial charge in [0.1, 0.15) is 0 Å². The second kappa shape index (κ2) is 11.3. The minimum Gasteiger partial charge on any atom is -0.489 e. The molecule has 2 aliphatic heterocycles. The SMILES string of the molecule is NS(=O)(=O)CCCCN1CCC(CNC(=O)c2cc(Cl)c(Br)c3c2OCCCO3)C(O)C1. The number of nitrogens with two attached hydrogens (primary N) is 1. The molecule has 1 aromatic rings. The van der Waals surface area contributed by atoms with Crippen LogP contribution in [0.5, 0.6) is 11.5 Å². The molecular weight excluding hydrogens is 526 g/mol. The molecule has 1 fully saturated rings. The molecule has 4 N–H and O–H groups in total. The Balaban J connectivity index is 1.52. The zero-order valence-corrected chi connectivity index (χ0v) is 20.8. The molecule has 0 aromatic heterocycles. The highest BCUT2D eigenvalue weighted by Gasteiger charge is 2.29. The molecule has 2 aliphatic rings. The van der Waals surface area contributed by atoms with Crippen molar-refractivity contribution in [1.82, 2.24) is 10.2 Å². The number of piperidine rings is 1.